The molecule has 2 rings (SSSR count). The van der Waals surface area contributed by atoms with Gasteiger partial charge in [0.1, 0.15) is 5.65 Å². The maximum Gasteiger partial charge on any atom is 0.138 e. The topological polar surface area (TPSA) is 17.3 Å². The molecule has 0 N–H and O–H groups in total. The average Bonchev–Trinajstić information content (AvgIpc) is 2.33. The predicted octanol–water partition coefficient (Wildman–Crippen LogP) is 2.41. The van der Waals surface area contributed by atoms with Gasteiger partial charge in [-0.3, -0.25) is 0 Å². The van der Waals surface area contributed by atoms with Crippen LogP contribution in [0.25, 0.3) is 5.65 Å². The number of rotatable bonds is 0. The van der Waals surface area contributed by atoms with Crippen LogP contribution in [0, 0.1) is 0 Å². The van der Waals surface area contributed by atoms with Gasteiger partial charge in [0.15, 0.2) is 0 Å². The number of nitrogens with zero attached hydrogens (tertiary/aromatic N) is 2. The predicted molar refractivity (Wildman–Crippen MR) is 47.5 cm³/mol. The Hall–Kier alpha value is -0.730. The molecule has 0 radical (unpaired) electrons. The standard InChI is InChI=1S/C7H5ClN2.ClH/c8-6-1-3-10-4-2-9-7(10)5-6;/h1-5H;1H. The van der Waals surface area contributed by atoms with E-state index >= 15 is 0 Å². The van der Waals surface area contributed by atoms with Gasteiger partial charge in [-0.05, 0) is 12.1 Å². The summed E-state index contributed by atoms with van der Waals surface area (Å²) >= 11 is 5.72. The van der Waals surface area contributed by atoms with Crippen LogP contribution in [0.2, 0.25) is 5.02 Å². The minimum Gasteiger partial charge on any atom is -0.307 e. The van der Waals surface area contributed by atoms with Gasteiger partial charge in [-0.2, -0.15) is 0 Å². The molecule has 0 saturated carbocycles. The lowest BCUT2D eigenvalue weighted by atomic mass is 10.5. The number of pyridine rings is 1. The lowest BCUT2D eigenvalue weighted by molar-refractivity contribution is 1.19. The molecule has 4 heteroatoms. The zero-order valence-corrected chi connectivity index (χ0v) is 7.14. The summed E-state index contributed by atoms with van der Waals surface area (Å²) < 4.78 is 1.91. The van der Waals surface area contributed by atoms with Crippen molar-refractivity contribution in [2.45, 2.75) is 0 Å². The minimum atomic E-state index is 0. The van der Waals surface area contributed by atoms with Crippen molar-refractivity contribution in [3.05, 3.63) is 35.7 Å². The summed E-state index contributed by atoms with van der Waals surface area (Å²) in [6, 6.07) is 3.65. The molecule has 2 nitrogen and oxygen atoms in total. The number of hydrogen-bond donors (Lipinski definition) is 0. The molecule has 2 heterocycles. The maximum atomic E-state index is 5.72. The second-order valence-electron chi connectivity index (χ2n) is 2.04. The molecule has 0 unspecified atom stereocenters. The molecule has 0 aliphatic rings. The Balaban J connectivity index is 0.000000605. The van der Waals surface area contributed by atoms with E-state index in [1.807, 2.05) is 28.9 Å². The van der Waals surface area contributed by atoms with Crippen LogP contribution in [-0.2, 0) is 0 Å². The molecule has 0 spiro atoms. The average molecular weight is 189 g/mol. The van der Waals surface area contributed by atoms with Crippen molar-refractivity contribution in [1.29, 1.82) is 0 Å². The van der Waals surface area contributed by atoms with Crippen molar-refractivity contribution >= 4 is 29.7 Å². The van der Waals surface area contributed by atoms with Gasteiger partial charge >= 0.3 is 0 Å². The zero-order valence-electron chi connectivity index (χ0n) is 5.57. The Morgan fingerprint density at radius 1 is 1.36 bits per heavy atom. The summed E-state index contributed by atoms with van der Waals surface area (Å²) in [6.45, 7) is 0. The Morgan fingerprint density at radius 3 is 3.00 bits per heavy atom. The van der Waals surface area contributed by atoms with Crippen LogP contribution >= 0.6 is 24.0 Å². The van der Waals surface area contributed by atoms with Crippen LogP contribution in [0.4, 0.5) is 0 Å². The van der Waals surface area contributed by atoms with Gasteiger partial charge in [0.2, 0.25) is 0 Å². The van der Waals surface area contributed by atoms with E-state index in [4.69, 9.17) is 11.6 Å². The lowest BCUT2D eigenvalue weighted by Gasteiger charge is -1.91. The van der Waals surface area contributed by atoms with Crippen molar-refractivity contribution in [2.24, 2.45) is 0 Å². The van der Waals surface area contributed by atoms with E-state index in [1.54, 1.807) is 6.20 Å². The summed E-state index contributed by atoms with van der Waals surface area (Å²) in [6.07, 6.45) is 5.50. The van der Waals surface area contributed by atoms with Crippen LogP contribution in [0.15, 0.2) is 30.7 Å². The first-order valence-electron chi connectivity index (χ1n) is 2.94. The fraction of sp³-hybridized carbons (Fsp3) is 0. The first kappa shape index (κ1) is 8.37. The quantitative estimate of drug-likeness (QED) is 0.621. The van der Waals surface area contributed by atoms with Crippen molar-refractivity contribution in [3.8, 4) is 0 Å². The number of imidazole rings is 1. The molecule has 0 aliphatic carbocycles. The van der Waals surface area contributed by atoms with Crippen LogP contribution in [0.3, 0.4) is 0 Å². The van der Waals surface area contributed by atoms with Crippen molar-refractivity contribution in [1.82, 2.24) is 9.38 Å². The third-order valence-corrected chi connectivity index (χ3v) is 1.60. The molecule has 0 saturated heterocycles. The normalized spacial score (nSPS) is 9.55. The Labute approximate surface area is 75.2 Å². The summed E-state index contributed by atoms with van der Waals surface area (Å²) in [5, 5.41) is 0.721. The molecular formula is C7H6Cl2N2. The van der Waals surface area contributed by atoms with E-state index in [9.17, 15) is 0 Å². The molecule has 58 valence electrons. The van der Waals surface area contributed by atoms with Crippen LogP contribution in [0.5, 0.6) is 0 Å². The van der Waals surface area contributed by atoms with E-state index in [0.717, 1.165) is 10.7 Å². The summed E-state index contributed by atoms with van der Waals surface area (Å²) in [7, 11) is 0. The summed E-state index contributed by atoms with van der Waals surface area (Å²) in [4.78, 5) is 4.06. The molecule has 2 aromatic rings. The molecule has 0 fully saturated rings. The highest BCUT2D eigenvalue weighted by molar-refractivity contribution is 6.30. The third-order valence-electron chi connectivity index (χ3n) is 1.36. The highest BCUT2D eigenvalue weighted by atomic mass is 35.5. The van der Waals surface area contributed by atoms with Gasteiger partial charge in [-0.15, -0.1) is 12.4 Å². The van der Waals surface area contributed by atoms with Crippen molar-refractivity contribution in [3.63, 3.8) is 0 Å². The largest absolute Gasteiger partial charge is 0.307 e. The molecule has 0 aliphatic heterocycles. The van der Waals surface area contributed by atoms with Crippen LogP contribution < -0.4 is 0 Å². The molecule has 2 aromatic heterocycles. The number of fused-ring (bicyclic) bond motifs is 1. The summed E-state index contributed by atoms with van der Waals surface area (Å²) in [5.74, 6) is 0. The van der Waals surface area contributed by atoms with E-state index in [2.05, 4.69) is 4.98 Å². The third kappa shape index (κ3) is 1.47. The molecule has 0 bridgehead atoms. The first-order valence-corrected chi connectivity index (χ1v) is 3.32. The van der Waals surface area contributed by atoms with Crippen molar-refractivity contribution in [2.75, 3.05) is 0 Å². The number of hydrogen-bond acceptors (Lipinski definition) is 1. The number of halogens is 2. The van der Waals surface area contributed by atoms with Gasteiger partial charge in [0.05, 0.1) is 0 Å². The van der Waals surface area contributed by atoms with Crippen LogP contribution in [0.1, 0.15) is 0 Å². The monoisotopic (exact) mass is 188 g/mol. The summed E-state index contributed by atoms with van der Waals surface area (Å²) in [5.41, 5.74) is 0.882. The van der Waals surface area contributed by atoms with Gasteiger partial charge in [-0.1, -0.05) is 11.6 Å². The number of aromatic nitrogens is 2. The molecule has 0 atom stereocenters. The van der Waals surface area contributed by atoms with Crippen LogP contribution in [-0.4, -0.2) is 9.38 Å². The lowest BCUT2D eigenvalue weighted by Crippen LogP contribution is -1.79. The van der Waals surface area contributed by atoms with Gasteiger partial charge < -0.3 is 4.40 Å². The van der Waals surface area contributed by atoms with E-state index in [0.29, 0.717) is 0 Å². The van der Waals surface area contributed by atoms with Gasteiger partial charge in [0.25, 0.3) is 0 Å². The van der Waals surface area contributed by atoms with E-state index < -0.39 is 0 Å². The molecule has 0 aromatic carbocycles. The molecule has 0 amide bonds. The van der Waals surface area contributed by atoms with Gasteiger partial charge in [0, 0.05) is 23.6 Å². The molecule has 11 heavy (non-hydrogen) atoms. The second-order valence-corrected chi connectivity index (χ2v) is 2.47. The molecular weight excluding hydrogens is 183 g/mol. The highest BCUT2D eigenvalue weighted by Gasteiger charge is 1.91. The highest BCUT2D eigenvalue weighted by Crippen LogP contribution is 2.09. The SMILES string of the molecule is Cl.Clc1ccn2ccnc2c1. The maximum absolute atomic E-state index is 5.72. The smallest absolute Gasteiger partial charge is 0.138 e. The van der Waals surface area contributed by atoms with E-state index in [1.165, 1.54) is 0 Å². The van der Waals surface area contributed by atoms with Crippen molar-refractivity contribution < 1.29 is 0 Å². The zero-order chi connectivity index (χ0) is 6.97. The second kappa shape index (κ2) is 3.11. The Kier molecular flexibility index (Phi) is 2.37. The fourth-order valence-electron chi connectivity index (χ4n) is 0.885. The van der Waals surface area contributed by atoms with Gasteiger partial charge in [-0.25, -0.2) is 4.98 Å². The fourth-order valence-corrected chi connectivity index (χ4v) is 1.04. The minimum absolute atomic E-state index is 0. The van der Waals surface area contributed by atoms with E-state index in [-0.39, 0.29) is 12.4 Å². The first-order chi connectivity index (χ1) is 4.86. The Morgan fingerprint density at radius 2 is 2.18 bits per heavy atom. The Bertz CT molecular complexity index is 356.